The van der Waals surface area contributed by atoms with Crippen molar-refractivity contribution in [2.45, 2.75) is 18.8 Å². The van der Waals surface area contributed by atoms with Crippen LogP contribution in [0.25, 0.3) is 0 Å². The molecule has 3 nitrogen and oxygen atoms in total. The number of hydrogen-bond acceptors (Lipinski definition) is 3. The van der Waals surface area contributed by atoms with E-state index in [2.05, 4.69) is 21.9 Å². The minimum atomic E-state index is 0.590. The zero-order valence-electron chi connectivity index (χ0n) is 7.98. The molecule has 0 bridgehead atoms. The molecule has 0 aromatic carbocycles. The van der Waals surface area contributed by atoms with Gasteiger partial charge in [-0.1, -0.05) is 0 Å². The Morgan fingerprint density at radius 2 is 2.38 bits per heavy atom. The summed E-state index contributed by atoms with van der Waals surface area (Å²) in [4.78, 5) is 10.8. The lowest BCUT2D eigenvalue weighted by atomic mass is 9.95. The van der Waals surface area contributed by atoms with E-state index in [0.717, 1.165) is 12.2 Å². The highest BCUT2D eigenvalue weighted by atomic mass is 15.1. The maximum atomic E-state index is 4.35. The van der Waals surface area contributed by atoms with Gasteiger partial charge in [-0.2, -0.15) is 0 Å². The molecule has 0 N–H and O–H groups in total. The monoisotopic (exact) mass is 177 g/mol. The van der Waals surface area contributed by atoms with Crippen LogP contribution in [-0.4, -0.2) is 35.0 Å². The van der Waals surface area contributed by atoms with Gasteiger partial charge >= 0.3 is 0 Å². The van der Waals surface area contributed by atoms with E-state index in [4.69, 9.17) is 0 Å². The number of likely N-dealkylation sites (N-methyl/N-ethyl adjacent to an activating group) is 1. The predicted molar refractivity (Wildman–Crippen MR) is 51.5 cm³/mol. The van der Waals surface area contributed by atoms with Gasteiger partial charge in [0.05, 0.1) is 5.69 Å². The van der Waals surface area contributed by atoms with E-state index in [1.807, 2.05) is 6.20 Å². The average Bonchev–Trinajstić information content (AvgIpc) is 2.19. The van der Waals surface area contributed by atoms with Gasteiger partial charge in [-0.3, -0.25) is 9.97 Å². The van der Waals surface area contributed by atoms with Crippen LogP contribution in [0.1, 0.15) is 24.5 Å². The molecule has 1 aliphatic rings. The van der Waals surface area contributed by atoms with Crippen LogP contribution in [0.5, 0.6) is 0 Å². The summed E-state index contributed by atoms with van der Waals surface area (Å²) in [6, 6.07) is 0. The van der Waals surface area contributed by atoms with Gasteiger partial charge in [0.2, 0.25) is 0 Å². The van der Waals surface area contributed by atoms with Crippen molar-refractivity contribution in [1.29, 1.82) is 0 Å². The summed E-state index contributed by atoms with van der Waals surface area (Å²) in [6.07, 6.45) is 7.94. The zero-order valence-corrected chi connectivity index (χ0v) is 7.98. The predicted octanol–water partition coefficient (Wildman–Crippen LogP) is 1.29. The van der Waals surface area contributed by atoms with E-state index in [1.165, 1.54) is 19.4 Å². The van der Waals surface area contributed by atoms with Crippen molar-refractivity contribution in [3.05, 3.63) is 24.3 Å². The first-order valence-corrected chi connectivity index (χ1v) is 4.81. The van der Waals surface area contributed by atoms with E-state index < -0.39 is 0 Å². The summed E-state index contributed by atoms with van der Waals surface area (Å²) in [7, 11) is 2.17. The van der Waals surface area contributed by atoms with Crippen molar-refractivity contribution in [3.8, 4) is 0 Å². The molecule has 1 unspecified atom stereocenters. The smallest absolute Gasteiger partial charge is 0.0630 e. The number of likely N-dealkylation sites (tertiary alicyclic amines) is 1. The molecule has 1 fully saturated rings. The van der Waals surface area contributed by atoms with Crippen molar-refractivity contribution in [2.24, 2.45) is 0 Å². The standard InChI is InChI=1S/C10H15N3/c1-13-6-2-3-9(8-13)10-7-11-4-5-12-10/h4-5,7,9H,2-3,6,8H2,1H3. The molecule has 0 aliphatic carbocycles. The second kappa shape index (κ2) is 3.83. The Bertz CT molecular complexity index is 260. The molecule has 2 rings (SSSR count). The first-order valence-electron chi connectivity index (χ1n) is 4.81. The molecule has 70 valence electrons. The first-order chi connectivity index (χ1) is 6.36. The van der Waals surface area contributed by atoms with E-state index in [0.29, 0.717) is 5.92 Å². The van der Waals surface area contributed by atoms with Crippen LogP contribution in [0.15, 0.2) is 18.6 Å². The Kier molecular flexibility index (Phi) is 2.54. The number of piperidine rings is 1. The van der Waals surface area contributed by atoms with Gasteiger partial charge in [0.1, 0.15) is 0 Å². The quantitative estimate of drug-likeness (QED) is 0.647. The van der Waals surface area contributed by atoms with Gasteiger partial charge in [0.25, 0.3) is 0 Å². The van der Waals surface area contributed by atoms with Crippen LogP contribution in [-0.2, 0) is 0 Å². The number of rotatable bonds is 1. The summed E-state index contributed by atoms with van der Waals surface area (Å²) in [5.41, 5.74) is 1.15. The van der Waals surface area contributed by atoms with Crippen LogP contribution in [0.2, 0.25) is 0 Å². The van der Waals surface area contributed by atoms with E-state index in [1.54, 1.807) is 12.4 Å². The summed E-state index contributed by atoms with van der Waals surface area (Å²) >= 11 is 0. The van der Waals surface area contributed by atoms with E-state index in [-0.39, 0.29) is 0 Å². The minimum absolute atomic E-state index is 0.590. The van der Waals surface area contributed by atoms with Crippen LogP contribution in [0, 0.1) is 0 Å². The van der Waals surface area contributed by atoms with Crippen LogP contribution in [0.3, 0.4) is 0 Å². The molecule has 0 radical (unpaired) electrons. The summed E-state index contributed by atoms with van der Waals surface area (Å²) in [5.74, 6) is 0.590. The number of nitrogens with zero attached hydrogens (tertiary/aromatic N) is 3. The zero-order chi connectivity index (χ0) is 9.10. The topological polar surface area (TPSA) is 29.0 Å². The molecule has 1 atom stereocenters. The molecule has 2 heterocycles. The van der Waals surface area contributed by atoms with Crippen molar-refractivity contribution < 1.29 is 0 Å². The lowest BCUT2D eigenvalue weighted by Gasteiger charge is -2.28. The third-order valence-corrected chi connectivity index (χ3v) is 2.63. The number of aromatic nitrogens is 2. The molecule has 1 aliphatic heterocycles. The van der Waals surface area contributed by atoms with Gasteiger partial charge in [-0.05, 0) is 26.4 Å². The Morgan fingerprint density at radius 1 is 1.46 bits per heavy atom. The van der Waals surface area contributed by atoms with Crippen molar-refractivity contribution in [3.63, 3.8) is 0 Å². The molecular weight excluding hydrogens is 162 g/mol. The molecule has 1 saturated heterocycles. The van der Waals surface area contributed by atoms with Gasteiger partial charge < -0.3 is 4.90 Å². The summed E-state index contributed by atoms with van der Waals surface area (Å²) in [5, 5.41) is 0. The fourth-order valence-electron chi connectivity index (χ4n) is 1.93. The maximum Gasteiger partial charge on any atom is 0.0630 e. The molecule has 0 spiro atoms. The SMILES string of the molecule is CN1CCCC(c2cnccn2)C1. The Balaban J connectivity index is 2.08. The van der Waals surface area contributed by atoms with Crippen molar-refractivity contribution in [2.75, 3.05) is 20.1 Å². The first kappa shape index (κ1) is 8.63. The molecular formula is C10H15N3. The fourth-order valence-corrected chi connectivity index (χ4v) is 1.93. The fraction of sp³-hybridized carbons (Fsp3) is 0.600. The van der Waals surface area contributed by atoms with Crippen molar-refractivity contribution in [1.82, 2.24) is 14.9 Å². The summed E-state index contributed by atoms with van der Waals surface area (Å²) < 4.78 is 0. The molecule has 0 saturated carbocycles. The highest BCUT2D eigenvalue weighted by molar-refractivity contribution is 5.05. The summed E-state index contributed by atoms with van der Waals surface area (Å²) in [6.45, 7) is 2.34. The van der Waals surface area contributed by atoms with Crippen LogP contribution < -0.4 is 0 Å². The van der Waals surface area contributed by atoms with Crippen LogP contribution >= 0.6 is 0 Å². The minimum Gasteiger partial charge on any atom is -0.306 e. The van der Waals surface area contributed by atoms with Gasteiger partial charge in [-0.15, -0.1) is 0 Å². The lowest BCUT2D eigenvalue weighted by Crippen LogP contribution is -2.31. The maximum absolute atomic E-state index is 4.35. The molecule has 1 aromatic heterocycles. The largest absolute Gasteiger partial charge is 0.306 e. The normalized spacial score (nSPS) is 24.5. The number of hydrogen-bond donors (Lipinski definition) is 0. The molecule has 1 aromatic rings. The van der Waals surface area contributed by atoms with E-state index in [9.17, 15) is 0 Å². The van der Waals surface area contributed by atoms with Gasteiger partial charge in [-0.25, -0.2) is 0 Å². The third kappa shape index (κ3) is 2.04. The highest BCUT2D eigenvalue weighted by Gasteiger charge is 2.19. The lowest BCUT2D eigenvalue weighted by molar-refractivity contribution is 0.248. The molecule has 3 heteroatoms. The Hall–Kier alpha value is -0.960. The van der Waals surface area contributed by atoms with Gasteiger partial charge in [0.15, 0.2) is 0 Å². The second-order valence-corrected chi connectivity index (χ2v) is 3.73. The Morgan fingerprint density at radius 3 is 3.08 bits per heavy atom. The average molecular weight is 177 g/mol. The highest BCUT2D eigenvalue weighted by Crippen LogP contribution is 2.23. The van der Waals surface area contributed by atoms with Gasteiger partial charge in [0, 0.05) is 31.1 Å². The third-order valence-electron chi connectivity index (χ3n) is 2.63. The Labute approximate surface area is 78.8 Å². The molecule has 0 amide bonds. The molecule has 13 heavy (non-hydrogen) atoms. The van der Waals surface area contributed by atoms with E-state index >= 15 is 0 Å². The van der Waals surface area contributed by atoms with Crippen LogP contribution in [0.4, 0.5) is 0 Å². The van der Waals surface area contributed by atoms with Crippen molar-refractivity contribution >= 4 is 0 Å². The second-order valence-electron chi connectivity index (χ2n) is 3.73.